The molecule has 0 aliphatic heterocycles. The molecule has 0 amide bonds. The molecular formula is C32H36O2. The second kappa shape index (κ2) is 14.1. The Kier molecular flexibility index (Phi) is 10.5. The zero-order chi connectivity index (χ0) is 24.0. The summed E-state index contributed by atoms with van der Waals surface area (Å²) in [6.45, 7) is 4.44. The van der Waals surface area contributed by atoms with E-state index in [4.69, 9.17) is 4.74 Å². The van der Waals surface area contributed by atoms with E-state index < -0.39 is 0 Å². The lowest BCUT2D eigenvalue weighted by Gasteiger charge is -2.06. The maximum atomic E-state index is 12.5. The summed E-state index contributed by atoms with van der Waals surface area (Å²) >= 11 is 0. The van der Waals surface area contributed by atoms with Crippen molar-refractivity contribution in [1.82, 2.24) is 0 Å². The Hall–Kier alpha value is -3.31. The summed E-state index contributed by atoms with van der Waals surface area (Å²) in [6, 6.07) is 23.6. The lowest BCUT2D eigenvalue weighted by molar-refractivity contribution is 0.0734. The molecule has 0 heterocycles. The summed E-state index contributed by atoms with van der Waals surface area (Å²) < 4.78 is 5.53. The minimum atomic E-state index is -0.354. The van der Waals surface area contributed by atoms with Crippen molar-refractivity contribution in [3.8, 4) is 17.6 Å². The molecule has 0 atom stereocenters. The molecule has 0 fully saturated rings. The number of unbranched alkanes of at least 4 members (excludes halogenated alkanes) is 5. The van der Waals surface area contributed by atoms with Crippen LogP contribution in [0.2, 0.25) is 0 Å². The van der Waals surface area contributed by atoms with Gasteiger partial charge in [-0.1, -0.05) is 82.1 Å². The van der Waals surface area contributed by atoms with Crippen LogP contribution in [0.1, 0.15) is 91.4 Å². The first-order valence-electron chi connectivity index (χ1n) is 12.7. The molecule has 0 radical (unpaired) electrons. The number of rotatable bonds is 11. The molecule has 0 N–H and O–H groups in total. The standard InChI is InChI=1S/C32H36O2/c1-3-5-7-9-11-26-12-14-28(15-13-26)16-17-29-18-22-30(23-19-29)32(33)34-31-24-20-27(21-25-31)10-8-6-4-2/h12-15,18-25H,3-11H2,1-2H3. The van der Waals surface area contributed by atoms with Gasteiger partial charge in [-0.2, -0.15) is 0 Å². The van der Waals surface area contributed by atoms with Gasteiger partial charge in [-0.15, -0.1) is 0 Å². The minimum absolute atomic E-state index is 0.354. The van der Waals surface area contributed by atoms with E-state index in [-0.39, 0.29) is 5.97 Å². The SMILES string of the molecule is CCCCCCc1ccc(C#Cc2ccc(C(=O)Oc3ccc(CCCCC)cc3)cc2)cc1. The Labute approximate surface area is 205 Å². The van der Waals surface area contributed by atoms with Crippen LogP contribution in [-0.2, 0) is 12.8 Å². The number of hydrogen-bond acceptors (Lipinski definition) is 2. The smallest absolute Gasteiger partial charge is 0.343 e. The summed E-state index contributed by atoms with van der Waals surface area (Å²) in [5.74, 6) is 6.61. The fraction of sp³-hybridized carbons (Fsp3) is 0.344. The van der Waals surface area contributed by atoms with Crippen molar-refractivity contribution in [3.63, 3.8) is 0 Å². The maximum Gasteiger partial charge on any atom is 0.343 e. The van der Waals surface area contributed by atoms with Gasteiger partial charge in [0.05, 0.1) is 5.56 Å². The average Bonchev–Trinajstić information content (AvgIpc) is 2.87. The molecule has 2 nitrogen and oxygen atoms in total. The predicted molar refractivity (Wildman–Crippen MR) is 141 cm³/mol. The molecule has 0 saturated heterocycles. The number of ether oxygens (including phenoxy) is 1. The second-order valence-electron chi connectivity index (χ2n) is 8.83. The highest BCUT2D eigenvalue weighted by Crippen LogP contribution is 2.16. The molecule has 3 aromatic rings. The van der Waals surface area contributed by atoms with E-state index in [1.807, 2.05) is 36.4 Å². The van der Waals surface area contributed by atoms with Gasteiger partial charge in [0, 0.05) is 11.1 Å². The van der Waals surface area contributed by atoms with E-state index in [2.05, 4.69) is 50.0 Å². The van der Waals surface area contributed by atoms with Crippen molar-refractivity contribution in [3.05, 3.63) is 101 Å². The highest BCUT2D eigenvalue weighted by atomic mass is 16.5. The van der Waals surface area contributed by atoms with Gasteiger partial charge in [0.25, 0.3) is 0 Å². The Morgan fingerprint density at radius 1 is 0.618 bits per heavy atom. The molecular weight excluding hydrogens is 416 g/mol. The molecule has 0 aliphatic carbocycles. The first-order chi connectivity index (χ1) is 16.7. The molecule has 0 aliphatic rings. The summed E-state index contributed by atoms with van der Waals surface area (Å²) in [6.07, 6.45) is 11.0. The average molecular weight is 453 g/mol. The first-order valence-corrected chi connectivity index (χ1v) is 12.7. The predicted octanol–water partition coefficient (Wildman–Crippen LogP) is 8.16. The topological polar surface area (TPSA) is 26.3 Å². The molecule has 176 valence electrons. The van der Waals surface area contributed by atoms with Crippen LogP contribution in [0.15, 0.2) is 72.8 Å². The lowest BCUT2D eigenvalue weighted by atomic mass is 10.0. The van der Waals surface area contributed by atoms with Crippen LogP contribution in [0.25, 0.3) is 0 Å². The van der Waals surface area contributed by atoms with E-state index in [0.29, 0.717) is 11.3 Å². The largest absolute Gasteiger partial charge is 0.423 e. The van der Waals surface area contributed by atoms with Crippen LogP contribution in [-0.4, -0.2) is 5.97 Å². The van der Waals surface area contributed by atoms with Gasteiger partial charge in [-0.3, -0.25) is 0 Å². The van der Waals surface area contributed by atoms with Crippen LogP contribution in [0, 0.1) is 11.8 Å². The van der Waals surface area contributed by atoms with E-state index in [9.17, 15) is 4.79 Å². The van der Waals surface area contributed by atoms with Crippen molar-refractivity contribution in [1.29, 1.82) is 0 Å². The van der Waals surface area contributed by atoms with Crippen LogP contribution < -0.4 is 4.74 Å². The summed E-state index contributed by atoms with van der Waals surface area (Å²) in [4.78, 5) is 12.5. The van der Waals surface area contributed by atoms with Gasteiger partial charge in [0.1, 0.15) is 5.75 Å². The summed E-state index contributed by atoms with van der Waals surface area (Å²) in [5, 5.41) is 0. The normalized spacial score (nSPS) is 10.4. The number of carbonyl (C=O) groups is 1. The van der Waals surface area contributed by atoms with Crippen molar-refractivity contribution in [2.45, 2.75) is 71.6 Å². The first kappa shape index (κ1) is 25.3. The summed E-state index contributed by atoms with van der Waals surface area (Å²) in [5.41, 5.74) is 5.04. The van der Waals surface area contributed by atoms with Gasteiger partial charge >= 0.3 is 5.97 Å². The van der Waals surface area contributed by atoms with Crippen molar-refractivity contribution in [2.75, 3.05) is 0 Å². The van der Waals surface area contributed by atoms with Gasteiger partial charge in [-0.25, -0.2) is 4.79 Å². The third-order valence-electron chi connectivity index (χ3n) is 5.95. The van der Waals surface area contributed by atoms with Crippen LogP contribution in [0.4, 0.5) is 0 Å². The van der Waals surface area contributed by atoms with Gasteiger partial charge in [-0.05, 0) is 85.3 Å². The fourth-order valence-corrected chi connectivity index (χ4v) is 3.81. The number of hydrogen-bond donors (Lipinski definition) is 0. The van der Waals surface area contributed by atoms with Crippen LogP contribution >= 0.6 is 0 Å². The van der Waals surface area contributed by atoms with Crippen molar-refractivity contribution < 1.29 is 9.53 Å². The number of carbonyl (C=O) groups excluding carboxylic acids is 1. The Morgan fingerprint density at radius 3 is 1.65 bits per heavy atom. The summed E-state index contributed by atoms with van der Waals surface area (Å²) in [7, 11) is 0. The molecule has 0 unspecified atom stereocenters. The van der Waals surface area contributed by atoms with Gasteiger partial charge < -0.3 is 4.74 Å². The molecule has 0 spiro atoms. The van der Waals surface area contributed by atoms with Gasteiger partial charge in [0.15, 0.2) is 0 Å². The monoisotopic (exact) mass is 452 g/mol. The Bertz CT molecular complexity index is 1070. The number of benzene rings is 3. The zero-order valence-corrected chi connectivity index (χ0v) is 20.6. The Balaban J connectivity index is 1.51. The number of aryl methyl sites for hydroxylation is 2. The quantitative estimate of drug-likeness (QED) is 0.127. The van der Waals surface area contributed by atoms with Crippen LogP contribution in [0.5, 0.6) is 5.75 Å². The number of esters is 1. The van der Waals surface area contributed by atoms with E-state index in [1.54, 1.807) is 12.1 Å². The highest BCUT2D eigenvalue weighted by Gasteiger charge is 2.08. The molecule has 3 rings (SSSR count). The second-order valence-corrected chi connectivity index (χ2v) is 8.83. The highest BCUT2D eigenvalue weighted by molar-refractivity contribution is 5.91. The minimum Gasteiger partial charge on any atom is -0.423 e. The third kappa shape index (κ3) is 8.56. The van der Waals surface area contributed by atoms with Crippen molar-refractivity contribution in [2.24, 2.45) is 0 Å². The van der Waals surface area contributed by atoms with Crippen molar-refractivity contribution >= 4 is 5.97 Å². The molecule has 3 aromatic carbocycles. The third-order valence-corrected chi connectivity index (χ3v) is 5.95. The lowest BCUT2D eigenvalue weighted by Crippen LogP contribution is -2.08. The fourth-order valence-electron chi connectivity index (χ4n) is 3.81. The molecule has 0 aromatic heterocycles. The molecule has 2 heteroatoms. The zero-order valence-electron chi connectivity index (χ0n) is 20.6. The molecule has 0 saturated carbocycles. The van der Waals surface area contributed by atoms with E-state index >= 15 is 0 Å². The maximum absolute atomic E-state index is 12.5. The Morgan fingerprint density at radius 2 is 1.09 bits per heavy atom. The molecule has 0 bridgehead atoms. The van der Waals surface area contributed by atoms with E-state index in [1.165, 1.54) is 56.1 Å². The van der Waals surface area contributed by atoms with Gasteiger partial charge in [0.2, 0.25) is 0 Å². The van der Waals surface area contributed by atoms with Crippen LogP contribution in [0.3, 0.4) is 0 Å². The molecule has 34 heavy (non-hydrogen) atoms. The van der Waals surface area contributed by atoms with E-state index in [0.717, 1.165) is 24.0 Å².